The maximum atomic E-state index is 12.4. The van der Waals surface area contributed by atoms with E-state index in [9.17, 15) is 14.7 Å². The summed E-state index contributed by atoms with van der Waals surface area (Å²) in [5, 5.41) is 21.3. The van der Waals surface area contributed by atoms with Crippen molar-refractivity contribution in [1.29, 1.82) is 0 Å². The Bertz CT molecular complexity index is 358. The molecular formula is C15H27NO4. The van der Waals surface area contributed by atoms with E-state index in [2.05, 4.69) is 5.32 Å². The van der Waals surface area contributed by atoms with Crippen LogP contribution in [0.3, 0.4) is 0 Å². The molecule has 4 unspecified atom stereocenters. The Balaban J connectivity index is 2.76. The van der Waals surface area contributed by atoms with Crippen molar-refractivity contribution < 1.29 is 19.8 Å². The van der Waals surface area contributed by atoms with E-state index in [4.69, 9.17) is 5.11 Å². The van der Waals surface area contributed by atoms with Gasteiger partial charge in [0.25, 0.3) is 0 Å². The maximum Gasteiger partial charge on any atom is 0.307 e. The van der Waals surface area contributed by atoms with Crippen molar-refractivity contribution in [3.05, 3.63) is 0 Å². The monoisotopic (exact) mass is 285 g/mol. The van der Waals surface area contributed by atoms with Gasteiger partial charge in [0.15, 0.2) is 0 Å². The number of aliphatic carboxylic acids is 1. The molecule has 0 aromatic rings. The summed E-state index contributed by atoms with van der Waals surface area (Å²) in [6, 6.07) is 0. The smallest absolute Gasteiger partial charge is 0.307 e. The van der Waals surface area contributed by atoms with Crippen molar-refractivity contribution in [3.63, 3.8) is 0 Å². The minimum atomic E-state index is -0.874. The van der Waals surface area contributed by atoms with Gasteiger partial charge < -0.3 is 15.5 Å². The Morgan fingerprint density at radius 2 is 1.85 bits per heavy atom. The van der Waals surface area contributed by atoms with Crippen molar-refractivity contribution in [1.82, 2.24) is 5.32 Å². The van der Waals surface area contributed by atoms with Crippen LogP contribution in [0.2, 0.25) is 0 Å². The molecule has 0 heterocycles. The van der Waals surface area contributed by atoms with Gasteiger partial charge in [-0.3, -0.25) is 9.59 Å². The van der Waals surface area contributed by atoms with Gasteiger partial charge >= 0.3 is 5.97 Å². The van der Waals surface area contributed by atoms with Crippen LogP contribution in [0.5, 0.6) is 0 Å². The summed E-state index contributed by atoms with van der Waals surface area (Å²) in [5.74, 6) is -1.75. The molecule has 116 valence electrons. The quantitative estimate of drug-likeness (QED) is 0.665. The van der Waals surface area contributed by atoms with E-state index < -0.39 is 23.3 Å². The fraction of sp³-hybridized carbons (Fsp3) is 0.867. The summed E-state index contributed by atoms with van der Waals surface area (Å²) >= 11 is 0. The molecule has 0 aliphatic heterocycles. The molecule has 0 bridgehead atoms. The first kappa shape index (κ1) is 17.0. The van der Waals surface area contributed by atoms with Crippen LogP contribution in [0.25, 0.3) is 0 Å². The zero-order valence-electron chi connectivity index (χ0n) is 12.7. The number of carboxylic acids is 1. The molecule has 0 aromatic carbocycles. The molecule has 1 aliphatic rings. The van der Waals surface area contributed by atoms with Crippen molar-refractivity contribution in [2.45, 2.75) is 58.4 Å². The zero-order chi connectivity index (χ0) is 15.3. The predicted octanol–water partition coefficient (Wildman–Crippen LogP) is 1.79. The van der Waals surface area contributed by atoms with Crippen molar-refractivity contribution >= 4 is 11.9 Å². The molecular weight excluding hydrogens is 258 g/mol. The molecule has 5 nitrogen and oxygen atoms in total. The van der Waals surface area contributed by atoms with Gasteiger partial charge in [-0.25, -0.2) is 0 Å². The molecule has 0 radical (unpaired) electrons. The van der Waals surface area contributed by atoms with Crippen LogP contribution in [0.1, 0.15) is 52.9 Å². The fourth-order valence-electron chi connectivity index (χ4n) is 3.00. The number of aliphatic hydroxyl groups is 1. The summed E-state index contributed by atoms with van der Waals surface area (Å²) < 4.78 is 0. The highest BCUT2D eigenvalue weighted by molar-refractivity contribution is 5.85. The van der Waals surface area contributed by atoms with Crippen LogP contribution >= 0.6 is 0 Å². The highest BCUT2D eigenvalue weighted by Crippen LogP contribution is 2.38. The highest BCUT2D eigenvalue weighted by Gasteiger charge is 2.43. The van der Waals surface area contributed by atoms with E-state index in [0.29, 0.717) is 31.6 Å². The fourth-order valence-corrected chi connectivity index (χ4v) is 3.00. The first-order valence-electron chi connectivity index (χ1n) is 7.52. The molecule has 4 atom stereocenters. The van der Waals surface area contributed by atoms with Crippen molar-refractivity contribution in [2.24, 2.45) is 17.8 Å². The third-order valence-corrected chi connectivity index (χ3v) is 4.76. The van der Waals surface area contributed by atoms with Crippen LogP contribution in [0.4, 0.5) is 0 Å². The normalized spacial score (nSPS) is 28.9. The molecule has 1 rings (SSSR count). The second-order valence-electron chi connectivity index (χ2n) is 6.17. The number of hydrogen-bond donors (Lipinski definition) is 3. The molecule has 3 N–H and O–H groups in total. The topological polar surface area (TPSA) is 86.6 Å². The van der Waals surface area contributed by atoms with E-state index in [1.54, 1.807) is 0 Å². The molecule has 1 saturated carbocycles. The SMILES string of the molecule is CCC1CC(C(=O)O)C(C(=O)NC(C)(CC)CCO)C1. The van der Waals surface area contributed by atoms with Gasteiger partial charge in [0.1, 0.15) is 0 Å². The standard InChI is InChI=1S/C15H27NO4/c1-4-10-8-11(12(9-10)14(19)20)13(18)16-15(3,5-2)6-7-17/h10-12,17H,4-9H2,1-3H3,(H,16,18)(H,19,20). The average molecular weight is 285 g/mol. The van der Waals surface area contributed by atoms with Gasteiger partial charge in [-0.05, 0) is 38.5 Å². The number of aliphatic hydroxyl groups excluding tert-OH is 1. The lowest BCUT2D eigenvalue weighted by Crippen LogP contribution is -2.49. The molecule has 0 aromatic heterocycles. The minimum Gasteiger partial charge on any atom is -0.481 e. The Morgan fingerprint density at radius 3 is 2.30 bits per heavy atom. The Labute approximate surface area is 120 Å². The minimum absolute atomic E-state index is 0.00916. The number of hydrogen-bond acceptors (Lipinski definition) is 3. The molecule has 20 heavy (non-hydrogen) atoms. The highest BCUT2D eigenvalue weighted by atomic mass is 16.4. The molecule has 5 heteroatoms. The first-order valence-corrected chi connectivity index (χ1v) is 7.52. The predicted molar refractivity (Wildman–Crippen MR) is 76.2 cm³/mol. The summed E-state index contributed by atoms with van der Waals surface area (Å²) in [6.07, 6.45) is 3.35. The lowest BCUT2D eigenvalue weighted by Gasteiger charge is -2.31. The van der Waals surface area contributed by atoms with E-state index in [1.165, 1.54) is 0 Å². The van der Waals surface area contributed by atoms with Crippen LogP contribution in [-0.4, -0.2) is 34.2 Å². The summed E-state index contributed by atoms with van der Waals surface area (Å²) in [4.78, 5) is 23.7. The third kappa shape index (κ3) is 3.95. The third-order valence-electron chi connectivity index (χ3n) is 4.76. The van der Waals surface area contributed by atoms with Crippen molar-refractivity contribution in [2.75, 3.05) is 6.61 Å². The number of rotatable bonds is 7. The summed E-state index contributed by atoms with van der Waals surface area (Å²) in [5.41, 5.74) is -0.459. The average Bonchev–Trinajstić information content (AvgIpc) is 2.83. The lowest BCUT2D eigenvalue weighted by atomic mass is 9.90. The number of nitrogens with one attached hydrogen (secondary N) is 1. The van der Waals surface area contributed by atoms with Gasteiger partial charge in [-0.1, -0.05) is 20.3 Å². The maximum absolute atomic E-state index is 12.4. The zero-order valence-corrected chi connectivity index (χ0v) is 12.7. The number of carbonyl (C=O) groups is 2. The summed E-state index contributed by atoms with van der Waals surface area (Å²) in [6.45, 7) is 5.89. The van der Waals surface area contributed by atoms with E-state index >= 15 is 0 Å². The summed E-state index contributed by atoms with van der Waals surface area (Å²) in [7, 11) is 0. The van der Waals surface area contributed by atoms with Gasteiger partial charge in [0.2, 0.25) is 5.91 Å². The second kappa shape index (κ2) is 7.07. The molecule has 0 saturated heterocycles. The molecule has 0 spiro atoms. The Hall–Kier alpha value is -1.10. The van der Waals surface area contributed by atoms with Crippen LogP contribution in [0.15, 0.2) is 0 Å². The molecule has 1 amide bonds. The first-order chi connectivity index (χ1) is 9.36. The van der Waals surface area contributed by atoms with E-state index in [0.717, 1.165) is 6.42 Å². The second-order valence-corrected chi connectivity index (χ2v) is 6.17. The largest absolute Gasteiger partial charge is 0.481 e. The van der Waals surface area contributed by atoms with Crippen molar-refractivity contribution in [3.8, 4) is 0 Å². The van der Waals surface area contributed by atoms with Crippen LogP contribution in [0, 0.1) is 17.8 Å². The van der Waals surface area contributed by atoms with Gasteiger partial charge in [-0.15, -0.1) is 0 Å². The van der Waals surface area contributed by atoms with Gasteiger partial charge in [-0.2, -0.15) is 0 Å². The van der Waals surface area contributed by atoms with E-state index in [1.807, 2.05) is 20.8 Å². The van der Waals surface area contributed by atoms with Gasteiger partial charge in [0, 0.05) is 12.1 Å². The molecule has 1 aliphatic carbocycles. The Morgan fingerprint density at radius 1 is 1.25 bits per heavy atom. The number of carbonyl (C=O) groups excluding carboxylic acids is 1. The Kier molecular flexibility index (Phi) is 5.99. The van der Waals surface area contributed by atoms with E-state index in [-0.39, 0.29) is 12.5 Å². The van der Waals surface area contributed by atoms with Crippen LogP contribution < -0.4 is 5.32 Å². The molecule has 1 fully saturated rings. The number of carboxylic acid groups (broad SMARTS) is 1. The lowest BCUT2D eigenvalue weighted by molar-refractivity contribution is -0.146. The van der Waals surface area contributed by atoms with Gasteiger partial charge in [0.05, 0.1) is 11.8 Å². The number of amides is 1. The van der Waals surface area contributed by atoms with Crippen LogP contribution in [-0.2, 0) is 9.59 Å².